The zero-order chi connectivity index (χ0) is 13.2. The average Bonchev–Trinajstić information content (AvgIpc) is 2.55. The summed E-state index contributed by atoms with van der Waals surface area (Å²) in [5, 5.41) is 12.5. The fraction of sp³-hybridized carbons (Fsp3) is 0.556. The van der Waals surface area contributed by atoms with Crippen molar-refractivity contribution >= 4 is 16.0 Å². The van der Waals surface area contributed by atoms with E-state index in [4.69, 9.17) is 5.11 Å². The van der Waals surface area contributed by atoms with Gasteiger partial charge in [-0.2, -0.15) is 9.40 Å². The summed E-state index contributed by atoms with van der Waals surface area (Å²) in [5.41, 5.74) is 0.537. The van der Waals surface area contributed by atoms with E-state index in [2.05, 4.69) is 5.10 Å². The first kappa shape index (κ1) is 13.7. The Morgan fingerprint density at radius 2 is 2.18 bits per heavy atom. The molecule has 17 heavy (non-hydrogen) atoms. The minimum absolute atomic E-state index is 0.0672. The molecule has 0 fully saturated rings. The zero-order valence-electron chi connectivity index (χ0n) is 9.91. The molecule has 0 saturated carbocycles. The third-order valence-electron chi connectivity index (χ3n) is 2.35. The molecule has 1 aromatic heterocycles. The summed E-state index contributed by atoms with van der Waals surface area (Å²) in [6, 6.07) is 0. The van der Waals surface area contributed by atoms with E-state index >= 15 is 0 Å². The molecule has 0 atom stereocenters. The minimum Gasteiger partial charge on any atom is -0.481 e. The van der Waals surface area contributed by atoms with Crippen LogP contribution in [0, 0.1) is 6.92 Å². The number of aliphatic carboxylic acids is 1. The van der Waals surface area contributed by atoms with Crippen LogP contribution in [-0.4, -0.2) is 47.2 Å². The highest BCUT2D eigenvalue weighted by molar-refractivity contribution is 7.89. The Labute approximate surface area is 99.7 Å². The maximum atomic E-state index is 12.1. The molecule has 7 nitrogen and oxygen atoms in total. The Morgan fingerprint density at radius 3 is 2.59 bits per heavy atom. The second-order valence-corrected chi connectivity index (χ2v) is 5.69. The number of sulfonamides is 1. The van der Waals surface area contributed by atoms with Gasteiger partial charge in [-0.25, -0.2) is 8.42 Å². The smallest absolute Gasteiger partial charge is 0.304 e. The molecule has 0 aliphatic carbocycles. The first-order chi connectivity index (χ1) is 7.76. The number of hydrogen-bond donors (Lipinski definition) is 1. The molecular weight excluding hydrogens is 246 g/mol. The average molecular weight is 261 g/mol. The van der Waals surface area contributed by atoms with Crippen LogP contribution in [-0.2, 0) is 21.9 Å². The SMILES string of the molecule is Cc1cnn(C)c1S(=O)(=O)N(C)CCC(=O)O. The number of carbonyl (C=O) groups is 1. The second-order valence-electron chi connectivity index (χ2n) is 3.73. The summed E-state index contributed by atoms with van der Waals surface area (Å²) in [6.07, 6.45) is 1.23. The van der Waals surface area contributed by atoms with Crippen molar-refractivity contribution in [2.75, 3.05) is 13.6 Å². The molecule has 0 bridgehead atoms. The standard InChI is InChI=1S/C9H15N3O4S/c1-7-6-10-12(3)9(7)17(15,16)11(2)5-4-8(13)14/h6H,4-5H2,1-3H3,(H,13,14). The van der Waals surface area contributed by atoms with Crippen LogP contribution < -0.4 is 0 Å². The van der Waals surface area contributed by atoms with Crippen LogP contribution in [0.1, 0.15) is 12.0 Å². The van der Waals surface area contributed by atoms with Crippen LogP contribution >= 0.6 is 0 Å². The maximum Gasteiger partial charge on any atom is 0.304 e. The monoisotopic (exact) mass is 261 g/mol. The molecule has 96 valence electrons. The van der Waals surface area contributed by atoms with Gasteiger partial charge in [0.1, 0.15) is 0 Å². The number of carboxylic acid groups (broad SMARTS) is 1. The second kappa shape index (κ2) is 4.84. The van der Waals surface area contributed by atoms with E-state index in [9.17, 15) is 13.2 Å². The van der Waals surface area contributed by atoms with Crippen molar-refractivity contribution in [3.63, 3.8) is 0 Å². The van der Waals surface area contributed by atoms with E-state index in [0.717, 1.165) is 4.31 Å². The number of nitrogens with zero attached hydrogens (tertiary/aromatic N) is 3. The lowest BCUT2D eigenvalue weighted by Crippen LogP contribution is -2.31. The summed E-state index contributed by atoms with van der Waals surface area (Å²) in [7, 11) is -0.798. The zero-order valence-corrected chi connectivity index (χ0v) is 10.7. The van der Waals surface area contributed by atoms with Crippen LogP contribution in [0.3, 0.4) is 0 Å². The molecule has 0 aromatic carbocycles. The van der Waals surface area contributed by atoms with Gasteiger partial charge in [-0.15, -0.1) is 0 Å². The molecule has 1 aromatic rings. The Kier molecular flexibility index (Phi) is 3.89. The summed E-state index contributed by atoms with van der Waals surface area (Å²) >= 11 is 0. The van der Waals surface area contributed by atoms with Gasteiger partial charge in [0, 0.05) is 26.2 Å². The maximum absolute atomic E-state index is 12.1. The molecule has 0 saturated heterocycles. The normalized spacial score (nSPS) is 12.0. The minimum atomic E-state index is -3.68. The number of aromatic nitrogens is 2. The number of rotatable bonds is 5. The van der Waals surface area contributed by atoms with E-state index in [1.807, 2.05) is 0 Å². The van der Waals surface area contributed by atoms with Gasteiger partial charge in [0.15, 0.2) is 5.03 Å². The largest absolute Gasteiger partial charge is 0.481 e. The molecule has 0 amide bonds. The molecule has 0 radical (unpaired) electrons. The first-order valence-corrected chi connectivity index (χ1v) is 6.37. The first-order valence-electron chi connectivity index (χ1n) is 4.93. The molecule has 1 rings (SSSR count). The number of aryl methyl sites for hydroxylation is 2. The van der Waals surface area contributed by atoms with Crippen LogP contribution in [0.5, 0.6) is 0 Å². The van der Waals surface area contributed by atoms with Crippen LogP contribution in [0.2, 0.25) is 0 Å². The molecule has 0 aliphatic rings. The quantitative estimate of drug-likeness (QED) is 0.794. The van der Waals surface area contributed by atoms with Gasteiger partial charge < -0.3 is 5.11 Å². The van der Waals surface area contributed by atoms with Crippen LogP contribution in [0.25, 0.3) is 0 Å². The lowest BCUT2D eigenvalue weighted by molar-refractivity contribution is -0.137. The van der Waals surface area contributed by atoms with E-state index in [1.165, 1.54) is 25.0 Å². The molecule has 1 heterocycles. The summed E-state index contributed by atoms with van der Waals surface area (Å²) in [4.78, 5) is 10.4. The third-order valence-corrected chi connectivity index (χ3v) is 4.43. The molecule has 8 heteroatoms. The highest BCUT2D eigenvalue weighted by atomic mass is 32.2. The highest BCUT2D eigenvalue weighted by Gasteiger charge is 2.26. The Bertz CT molecular complexity index is 501. The van der Waals surface area contributed by atoms with Crippen LogP contribution in [0.15, 0.2) is 11.2 Å². The summed E-state index contributed by atoms with van der Waals surface area (Å²) in [6.45, 7) is 1.58. The van der Waals surface area contributed by atoms with Crippen molar-refractivity contribution in [2.24, 2.45) is 7.05 Å². The predicted octanol–water partition coefficient (Wildman–Crippen LogP) is -0.176. The fourth-order valence-electron chi connectivity index (χ4n) is 1.43. The highest BCUT2D eigenvalue weighted by Crippen LogP contribution is 2.17. The Morgan fingerprint density at radius 1 is 1.59 bits per heavy atom. The van der Waals surface area contributed by atoms with Gasteiger partial charge in [-0.05, 0) is 6.92 Å². The van der Waals surface area contributed by atoms with Gasteiger partial charge in [0.25, 0.3) is 10.0 Å². The van der Waals surface area contributed by atoms with Gasteiger partial charge >= 0.3 is 5.97 Å². The number of hydrogen-bond acceptors (Lipinski definition) is 4. The topological polar surface area (TPSA) is 92.5 Å². The van der Waals surface area contributed by atoms with Crippen molar-refractivity contribution in [3.05, 3.63) is 11.8 Å². The lowest BCUT2D eigenvalue weighted by Gasteiger charge is -2.16. The van der Waals surface area contributed by atoms with Gasteiger partial charge in [-0.1, -0.05) is 0 Å². The Balaban J connectivity index is 2.99. The Hall–Kier alpha value is -1.41. The van der Waals surface area contributed by atoms with Crippen molar-refractivity contribution in [3.8, 4) is 0 Å². The lowest BCUT2D eigenvalue weighted by atomic mass is 10.4. The van der Waals surface area contributed by atoms with E-state index in [-0.39, 0.29) is 18.0 Å². The van der Waals surface area contributed by atoms with Crippen molar-refractivity contribution in [1.29, 1.82) is 0 Å². The molecule has 0 spiro atoms. The van der Waals surface area contributed by atoms with Crippen LogP contribution in [0.4, 0.5) is 0 Å². The molecule has 1 N–H and O–H groups in total. The molecule has 0 aliphatic heterocycles. The van der Waals surface area contributed by atoms with Crippen molar-refractivity contribution in [2.45, 2.75) is 18.4 Å². The number of carboxylic acids is 1. The van der Waals surface area contributed by atoms with Gasteiger partial charge in [-0.3, -0.25) is 9.48 Å². The van der Waals surface area contributed by atoms with Crippen molar-refractivity contribution in [1.82, 2.24) is 14.1 Å². The molecule has 0 unspecified atom stereocenters. The van der Waals surface area contributed by atoms with Crippen molar-refractivity contribution < 1.29 is 18.3 Å². The predicted molar refractivity (Wildman–Crippen MR) is 60.0 cm³/mol. The summed E-state index contributed by atoms with van der Waals surface area (Å²) < 4.78 is 26.5. The third kappa shape index (κ3) is 2.83. The van der Waals surface area contributed by atoms with E-state index in [0.29, 0.717) is 5.56 Å². The molecular formula is C9H15N3O4S. The summed E-state index contributed by atoms with van der Waals surface area (Å²) in [5.74, 6) is -1.03. The van der Waals surface area contributed by atoms with Gasteiger partial charge in [0.05, 0.1) is 12.6 Å². The van der Waals surface area contributed by atoms with E-state index in [1.54, 1.807) is 6.92 Å². The van der Waals surface area contributed by atoms with E-state index < -0.39 is 16.0 Å². The van der Waals surface area contributed by atoms with Gasteiger partial charge in [0.2, 0.25) is 0 Å². The fourth-order valence-corrected chi connectivity index (χ4v) is 2.89.